The standard InChI is InChI=1S/C15H18N6O/c1-11-10-12(20(2)19-11)15(22)16-8-5-7-14-18-17-13-6-3-4-9-21(13)14/h3-4,6,9-10H,5,7-8H2,1-2H3,(H,16,22). The summed E-state index contributed by atoms with van der Waals surface area (Å²) in [4.78, 5) is 12.0. The van der Waals surface area contributed by atoms with Gasteiger partial charge in [-0.15, -0.1) is 10.2 Å². The zero-order chi connectivity index (χ0) is 15.5. The molecule has 0 fully saturated rings. The number of rotatable bonds is 5. The van der Waals surface area contributed by atoms with E-state index in [1.54, 1.807) is 17.8 Å². The normalized spacial score (nSPS) is 11.0. The Balaban J connectivity index is 1.53. The molecule has 3 aromatic heterocycles. The second-order valence-electron chi connectivity index (χ2n) is 5.20. The Labute approximate surface area is 128 Å². The lowest BCUT2D eigenvalue weighted by Gasteiger charge is -2.05. The summed E-state index contributed by atoms with van der Waals surface area (Å²) in [6, 6.07) is 7.58. The highest BCUT2D eigenvalue weighted by Gasteiger charge is 2.11. The molecule has 7 nitrogen and oxygen atoms in total. The SMILES string of the molecule is Cc1cc(C(=O)NCCCc2nnc3ccccn23)n(C)n1. The van der Waals surface area contributed by atoms with Gasteiger partial charge in [0, 0.05) is 26.2 Å². The molecule has 0 atom stereocenters. The van der Waals surface area contributed by atoms with Crippen molar-refractivity contribution < 1.29 is 4.79 Å². The van der Waals surface area contributed by atoms with Crippen LogP contribution in [0.2, 0.25) is 0 Å². The molecule has 0 aromatic carbocycles. The molecule has 0 aliphatic carbocycles. The Hall–Kier alpha value is -2.70. The Kier molecular flexibility index (Phi) is 3.86. The van der Waals surface area contributed by atoms with Crippen LogP contribution >= 0.6 is 0 Å². The van der Waals surface area contributed by atoms with Crippen molar-refractivity contribution in [3.63, 3.8) is 0 Å². The molecule has 3 rings (SSSR count). The van der Waals surface area contributed by atoms with Gasteiger partial charge in [-0.05, 0) is 31.5 Å². The minimum atomic E-state index is -0.103. The highest BCUT2D eigenvalue weighted by molar-refractivity contribution is 5.92. The predicted octanol–water partition coefficient (Wildman–Crippen LogP) is 1.13. The lowest BCUT2D eigenvalue weighted by molar-refractivity contribution is 0.0943. The molecule has 7 heteroatoms. The van der Waals surface area contributed by atoms with Crippen LogP contribution in [0.5, 0.6) is 0 Å². The van der Waals surface area contributed by atoms with E-state index in [2.05, 4.69) is 20.6 Å². The first-order valence-electron chi connectivity index (χ1n) is 7.22. The number of carbonyl (C=O) groups excluding carboxylic acids is 1. The summed E-state index contributed by atoms with van der Waals surface area (Å²) in [5, 5.41) is 15.4. The van der Waals surface area contributed by atoms with E-state index in [0.717, 1.165) is 30.0 Å². The van der Waals surface area contributed by atoms with Gasteiger partial charge in [0.25, 0.3) is 5.91 Å². The smallest absolute Gasteiger partial charge is 0.269 e. The number of amides is 1. The van der Waals surface area contributed by atoms with E-state index in [9.17, 15) is 4.79 Å². The molecule has 0 unspecified atom stereocenters. The van der Waals surface area contributed by atoms with Gasteiger partial charge in [-0.3, -0.25) is 13.9 Å². The van der Waals surface area contributed by atoms with Crippen molar-refractivity contribution in [2.24, 2.45) is 7.05 Å². The van der Waals surface area contributed by atoms with Crippen LogP contribution in [0.1, 0.15) is 28.4 Å². The van der Waals surface area contributed by atoms with Crippen molar-refractivity contribution in [1.82, 2.24) is 29.7 Å². The van der Waals surface area contributed by atoms with E-state index in [4.69, 9.17) is 0 Å². The molecule has 0 aliphatic heterocycles. The highest BCUT2D eigenvalue weighted by Crippen LogP contribution is 2.05. The molecule has 0 saturated heterocycles. The molecule has 114 valence electrons. The van der Waals surface area contributed by atoms with Gasteiger partial charge < -0.3 is 5.32 Å². The van der Waals surface area contributed by atoms with Crippen molar-refractivity contribution in [3.05, 3.63) is 47.7 Å². The van der Waals surface area contributed by atoms with Gasteiger partial charge in [0.2, 0.25) is 0 Å². The monoisotopic (exact) mass is 298 g/mol. The summed E-state index contributed by atoms with van der Waals surface area (Å²) in [5.41, 5.74) is 2.25. The number of aromatic nitrogens is 5. The topological polar surface area (TPSA) is 77.1 Å². The Morgan fingerprint density at radius 1 is 1.32 bits per heavy atom. The molecule has 1 amide bonds. The maximum Gasteiger partial charge on any atom is 0.269 e. The van der Waals surface area contributed by atoms with Crippen LogP contribution in [0.3, 0.4) is 0 Å². The third kappa shape index (κ3) is 2.83. The minimum absolute atomic E-state index is 0.103. The van der Waals surface area contributed by atoms with Crippen LogP contribution in [-0.2, 0) is 13.5 Å². The maximum atomic E-state index is 12.0. The molecular weight excluding hydrogens is 280 g/mol. The number of nitrogens with one attached hydrogen (secondary N) is 1. The summed E-state index contributed by atoms with van der Waals surface area (Å²) in [7, 11) is 1.77. The van der Waals surface area contributed by atoms with Crippen LogP contribution in [-0.4, -0.2) is 36.8 Å². The van der Waals surface area contributed by atoms with Crippen LogP contribution in [0.25, 0.3) is 5.65 Å². The van der Waals surface area contributed by atoms with Crippen LogP contribution in [0.15, 0.2) is 30.5 Å². The molecular formula is C15H18N6O. The van der Waals surface area contributed by atoms with Crippen LogP contribution in [0.4, 0.5) is 0 Å². The van der Waals surface area contributed by atoms with E-state index in [0.29, 0.717) is 12.2 Å². The summed E-state index contributed by atoms with van der Waals surface area (Å²) in [6.45, 7) is 2.46. The van der Waals surface area contributed by atoms with Crippen LogP contribution in [0, 0.1) is 6.92 Å². The fourth-order valence-corrected chi connectivity index (χ4v) is 2.42. The highest BCUT2D eigenvalue weighted by atomic mass is 16.2. The number of nitrogens with zero attached hydrogens (tertiary/aromatic N) is 5. The first-order chi connectivity index (χ1) is 10.6. The fraction of sp³-hybridized carbons (Fsp3) is 0.333. The van der Waals surface area contributed by atoms with Crippen molar-refractivity contribution in [3.8, 4) is 0 Å². The lowest BCUT2D eigenvalue weighted by Crippen LogP contribution is -2.26. The molecule has 0 saturated carbocycles. The van der Waals surface area contributed by atoms with E-state index >= 15 is 0 Å². The van der Waals surface area contributed by atoms with Crippen molar-refractivity contribution in [1.29, 1.82) is 0 Å². The lowest BCUT2D eigenvalue weighted by atomic mass is 10.3. The quantitative estimate of drug-likeness (QED) is 0.716. The molecule has 0 radical (unpaired) electrons. The average Bonchev–Trinajstić information content (AvgIpc) is 3.07. The van der Waals surface area contributed by atoms with Gasteiger partial charge in [0.05, 0.1) is 5.69 Å². The minimum Gasteiger partial charge on any atom is -0.351 e. The predicted molar refractivity (Wildman–Crippen MR) is 81.6 cm³/mol. The van der Waals surface area contributed by atoms with E-state index < -0.39 is 0 Å². The van der Waals surface area contributed by atoms with E-state index in [-0.39, 0.29) is 5.91 Å². The second kappa shape index (κ2) is 5.97. The number of hydrogen-bond acceptors (Lipinski definition) is 4. The molecule has 0 aliphatic rings. The third-order valence-corrected chi connectivity index (χ3v) is 3.48. The van der Waals surface area contributed by atoms with Gasteiger partial charge >= 0.3 is 0 Å². The summed E-state index contributed by atoms with van der Waals surface area (Å²) >= 11 is 0. The Morgan fingerprint density at radius 2 is 2.18 bits per heavy atom. The fourth-order valence-electron chi connectivity index (χ4n) is 2.42. The van der Waals surface area contributed by atoms with E-state index in [1.165, 1.54) is 0 Å². The number of hydrogen-bond donors (Lipinski definition) is 1. The van der Waals surface area contributed by atoms with Gasteiger partial charge in [-0.1, -0.05) is 6.07 Å². The van der Waals surface area contributed by atoms with Crippen molar-refractivity contribution >= 4 is 11.6 Å². The molecule has 3 aromatic rings. The summed E-state index contributed by atoms with van der Waals surface area (Å²) in [5.74, 6) is 0.801. The Morgan fingerprint density at radius 3 is 2.95 bits per heavy atom. The summed E-state index contributed by atoms with van der Waals surface area (Å²) < 4.78 is 3.56. The molecule has 3 heterocycles. The number of fused-ring (bicyclic) bond motifs is 1. The van der Waals surface area contributed by atoms with Gasteiger partial charge in [0.1, 0.15) is 11.5 Å². The molecule has 22 heavy (non-hydrogen) atoms. The molecule has 0 spiro atoms. The molecule has 0 bridgehead atoms. The van der Waals surface area contributed by atoms with E-state index in [1.807, 2.05) is 35.7 Å². The zero-order valence-electron chi connectivity index (χ0n) is 12.7. The largest absolute Gasteiger partial charge is 0.351 e. The molecule has 1 N–H and O–H groups in total. The van der Waals surface area contributed by atoms with Gasteiger partial charge in [0.15, 0.2) is 5.65 Å². The van der Waals surface area contributed by atoms with Gasteiger partial charge in [-0.25, -0.2) is 0 Å². The number of aryl methyl sites for hydroxylation is 3. The van der Waals surface area contributed by atoms with Crippen molar-refractivity contribution in [2.45, 2.75) is 19.8 Å². The third-order valence-electron chi connectivity index (χ3n) is 3.48. The summed E-state index contributed by atoms with van der Waals surface area (Å²) in [6.07, 6.45) is 3.51. The van der Waals surface area contributed by atoms with Gasteiger partial charge in [-0.2, -0.15) is 5.10 Å². The van der Waals surface area contributed by atoms with Crippen LogP contribution < -0.4 is 5.32 Å². The maximum absolute atomic E-state index is 12.0. The Bertz CT molecular complexity index is 803. The first-order valence-corrected chi connectivity index (χ1v) is 7.22. The average molecular weight is 298 g/mol. The van der Waals surface area contributed by atoms with Crippen molar-refractivity contribution in [2.75, 3.05) is 6.54 Å². The second-order valence-corrected chi connectivity index (χ2v) is 5.20. The number of pyridine rings is 1. The number of carbonyl (C=O) groups is 1. The first kappa shape index (κ1) is 14.2. The zero-order valence-corrected chi connectivity index (χ0v) is 12.7.